The molecule has 4 nitrogen and oxygen atoms in total. The monoisotopic (exact) mass is 305 g/mol. The molecule has 2 aromatic rings. The van der Waals surface area contributed by atoms with E-state index in [0.29, 0.717) is 16.9 Å². The van der Waals surface area contributed by atoms with E-state index < -0.39 is 0 Å². The van der Waals surface area contributed by atoms with Crippen LogP contribution in [-0.4, -0.2) is 45.2 Å². The van der Waals surface area contributed by atoms with Gasteiger partial charge < -0.3 is 4.90 Å². The van der Waals surface area contributed by atoms with Gasteiger partial charge in [0.2, 0.25) is 0 Å². The van der Waals surface area contributed by atoms with E-state index in [1.807, 2.05) is 16.7 Å². The minimum atomic E-state index is -0.350. The molecule has 1 aliphatic heterocycles. The van der Waals surface area contributed by atoms with Crippen LogP contribution in [0.1, 0.15) is 16.1 Å². The van der Waals surface area contributed by atoms with Gasteiger partial charge in [0.25, 0.3) is 5.91 Å². The molecule has 1 amide bonds. The van der Waals surface area contributed by atoms with Crippen molar-refractivity contribution in [1.29, 1.82) is 0 Å². The van der Waals surface area contributed by atoms with Crippen LogP contribution < -0.4 is 0 Å². The van der Waals surface area contributed by atoms with Gasteiger partial charge in [-0.15, -0.1) is 0 Å². The fraction of sp³-hybridized carbons (Fsp3) is 0.333. The van der Waals surface area contributed by atoms with Crippen LogP contribution in [0, 0.1) is 12.7 Å². The number of nitrogens with zero attached hydrogens (tertiary/aromatic N) is 3. The normalized spacial score (nSPS) is 15.2. The Morgan fingerprint density at radius 1 is 1.29 bits per heavy atom. The third kappa shape index (κ3) is 2.68. The van der Waals surface area contributed by atoms with Crippen LogP contribution in [0.25, 0.3) is 5.69 Å². The fourth-order valence-electron chi connectivity index (χ4n) is 2.42. The van der Waals surface area contributed by atoms with Gasteiger partial charge in [0.05, 0.1) is 17.5 Å². The second-order valence-corrected chi connectivity index (χ2v) is 6.14. The number of aromatic nitrogens is 2. The van der Waals surface area contributed by atoms with Crippen molar-refractivity contribution < 1.29 is 9.18 Å². The van der Waals surface area contributed by atoms with Crippen molar-refractivity contribution in [2.24, 2.45) is 0 Å². The number of carbonyl (C=O) groups is 1. The number of hydrogen-bond acceptors (Lipinski definition) is 3. The van der Waals surface area contributed by atoms with E-state index in [0.717, 1.165) is 24.6 Å². The molecule has 0 unspecified atom stereocenters. The van der Waals surface area contributed by atoms with E-state index >= 15 is 0 Å². The highest BCUT2D eigenvalue weighted by Gasteiger charge is 2.23. The highest BCUT2D eigenvalue weighted by Crippen LogP contribution is 2.19. The summed E-state index contributed by atoms with van der Waals surface area (Å²) in [5, 5.41) is 4.19. The molecular weight excluding hydrogens is 289 g/mol. The summed E-state index contributed by atoms with van der Waals surface area (Å²) >= 11 is 1.86. The summed E-state index contributed by atoms with van der Waals surface area (Å²) in [7, 11) is 0. The third-order valence-corrected chi connectivity index (χ3v) is 4.56. The molecule has 0 radical (unpaired) electrons. The lowest BCUT2D eigenvalue weighted by atomic mass is 10.2. The average molecular weight is 305 g/mol. The molecule has 0 saturated carbocycles. The number of thioether (sulfide) groups is 1. The molecule has 1 saturated heterocycles. The predicted molar refractivity (Wildman–Crippen MR) is 81.5 cm³/mol. The Hall–Kier alpha value is -1.82. The van der Waals surface area contributed by atoms with Gasteiger partial charge in [-0.2, -0.15) is 16.9 Å². The molecule has 3 rings (SSSR count). The van der Waals surface area contributed by atoms with Gasteiger partial charge in [0, 0.05) is 24.6 Å². The topological polar surface area (TPSA) is 38.1 Å². The van der Waals surface area contributed by atoms with E-state index in [1.165, 1.54) is 16.9 Å². The van der Waals surface area contributed by atoms with Gasteiger partial charge >= 0.3 is 0 Å². The number of rotatable bonds is 2. The van der Waals surface area contributed by atoms with Crippen molar-refractivity contribution in [2.45, 2.75) is 6.92 Å². The van der Waals surface area contributed by atoms with Crippen LogP contribution in [-0.2, 0) is 0 Å². The zero-order chi connectivity index (χ0) is 14.8. The van der Waals surface area contributed by atoms with Gasteiger partial charge in [-0.1, -0.05) is 12.1 Å². The van der Waals surface area contributed by atoms with Gasteiger partial charge in [-0.25, -0.2) is 9.07 Å². The first-order valence-corrected chi connectivity index (χ1v) is 8.00. The molecule has 1 fully saturated rings. The largest absolute Gasteiger partial charge is 0.337 e. The molecule has 110 valence electrons. The first-order chi connectivity index (χ1) is 10.2. The van der Waals surface area contributed by atoms with Crippen molar-refractivity contribution in [2.75, 3.05) is 24.6 Å². The molecule has 1 aromatic carbocycles. The molecule has 0 N–H and O–H groups in total. The summed E-state index contributed by atoms with van der Waals surface area (Å²) in [6.07, 6.45) is 1.53. The molecule has 0 spiro atoms. The highest BCUT2D eigenvalue weighted by molar-refractivity contribution is 7.99. The van der Waals surface area contributed by atoms with Crippen LogP contribution in [0.15, 0.2) is 30.5 Å². The quantitative estimate of drug-likeness (QED) is 0.855. The Bertz CT molecular complexity index is 665. The van der Waals surface area contributed by atoms with Crippen LogP contribution in [0.5, 0.6) is 0 Å². The molecule has 21 heavy (non-hydrogen) atoms. The first-order valence-electron chi connectivity index (χ1n) is 6.85. The van der Waals surface area contributed by atoms with Crippen LogP contribution in [0.4, 0.5) is 4.39 Å². The molecule has 2 heterocycles. The van der Waals surface area contributed by atoms with E-state index in [9.17, 15) is 9.18 Å². The SMILES string of the molecule is Cc1c(C(=O)N2CCSCC2)cnn1-c1ccccc1F. The number of para-hydroxylation sites is 1. The molecular formula is C15H16FN3OS. The minimum absolute atomic E-state index is 0.0182. The van der Waals surface area contributed by atoms with Crippen molar-refractivity contribution in [1.82, 2.24) is 14.7 Å². The van der Waals surface area contributed by atoms with Gasteiger partial charge in [-0.05, 0) is 19.1 Å². The predicted octanol–water partition coefficient (Wildman–Crippen LogP) is 2.51. The van der Waals surface area contributed by atoms with E-state index in [2.05, 4.69) is 5.10 Å². The van der Waals surface area contributed by atoms with Crippen molar-refractivity contribution in [3.05, 3.63) is 47.5 Å². The fourth-order valence-corrected chi connectivity index (χ4v) is 3.33. The summed E-state index contributed by atoms with van der Waals surface area (Å²) in [6.45, 7) is 3.31. The van der Waals surface area contributed by atoms with Crippen molar-refractivity contribution in [3.8, 4) is 5.69 Å². The van der Waals surface area contributed by atoms with Gasteiger partial charge in [0.1, 0.15) is 11.5 Å². The third-order valence-electron chi connectivity index (χ3n) is 3.62. The lowest BCUT2D eigenvalue weighted by Crippen LogP contribution is -2.38. The highest BCUT2D eigenvalue weighted by atomic mass is 32.2. The van der Waals surface area contributed by atoms with Crippen LogP contribution in [0.2, 0.25) is 0 Å². The molecule has 0 aliphatic carbocycles. The Labute approximate surface area is 126 Å². The lowest BCUT2D eigenvalue weighted by Gasteiger charge is -2.26. The number of benzene rings is 1. The van der Waals surface area contributed by atoms with E-state index in [-0.39, 0.29) is 11.7 Å². The Morgan fingerprint density at radius 3 is 2.71 bits per heavy atom. The zero-order valence-corrected chi connectivity index (χ0v) is 12.6. The van der Waals surface area contributed by atoms with Crippen LogP contribution in [0.3, 0.4) is 0 Å². The summed E-state index contributed by atoms with van der Waals surface area (Å²) in [6, 6.07) is 6.43. The minimum Gasteiger partial charge on any atom is -0.337 e. The number of halogens is 1. The zero-order valence-electron chi connectivity index (χ0n) is 11.8. The summed E-state index contributed by atoms with van der Waals surface area (Å²) in [5.74, 6) is 1.56. The molecule has 0 atom stereocenters. The second-order valence-electron chi connectivity index (χ2n) is 4.91. The lowest BCUT2D eigenvalue weighted by molar-refractivity contribution is 0.0771. The number of hydrogen-bond donors (Lipinski definition) is 0. The van der Waals surface area contributed by atoms with E-state index in [4.69, 9.17) is 0 Å². The number of carbonyl (C=O) groups excluding carboxylic acids is 1. The average Bonchev–Trinajstić information content (AvgIpc) is 2.89. The van der Waals surface area contributed by atoms with Crippen molar-refractivity contribution >= 4 is 17.7 Å². The smallest absolute Gasteiger partial charge is 0.257 e. The molecule has 1 aromatic heterocycles. The summed E-state index contributed by atoms with van der Waals surface area (Å²) < 4.78 is 15.3. The number of amides is 1. The molecule has 1 aliphatic rings. The molecule has 6 heteroatoms. The van der Waals surface area contributed by atoms with Crippen molar-refractivity contribution in [3.63, 3.8) is 0 Å². The summed E-state index contributed by atoms with van der Waals surface area (Å²) in [5.41, 5.74) is 1.58. The maximum atomic E-state index is 13.9. The first kappa shape index (κ1) is 14.1. The standard InChI is InChI=1S/C15H16FN3OS/c1-11-12(15(20)18-6-8-21-9-7-18)10-17-19(11)14-5-3-2-4-13(14)16/h2-5,10H,6-9H2,1H3. The second kappa shape index (κ2) is 5.89. The van der Waals surface area contributed by atoms with Crippen LogP contribution >= 0.6 is 11.8 Å². The molecule has 0 bridgehead atoms. The van der Waals surface area contributed by atoms with Gasteiger partial charge in [0.15, 0.2) is 0 Å². The maximum absolute atomic E-state index is 13.9. The Balaban J connectivity index is 1.92. The summed E-state index contributed by atoms with van der Waals surface area (Å²) in [4.78, 5) is 14.4. The van der Waals surface area contributed by atoms with Gasteiger partial charge in [-0.3, -0.25) is 4.79 Å². The van der Waals surface area contributed by atoms with E-state index in [1.54, 1.807) is 25.1 Å². The Morgan fingerprint density at radius 2 is 2.00 bits per heavy atom. The maximum Gasteiger partial charge on any atom is 0.257 e. The Kier molecular flexibility index (Phi) is 3.96.